The van der Waals surface area contributed by atoms with Crippen molar-refractivity contribution in [1.29, 1.82) is 0 Å². The molecule has 1 atom stereocenters. The lowest BCUT2D eigenvalue weighted by Gasteiger charge is -2.17. The first kappa shape index (κ1) is 19.9. The van der Waals surface area contributed by atoms with Gasteiger partial charge in [-0.2, -0.15) is 13.2 Å². The summed E-state index contributed by atoms with van der Waals surface area (Å²) in [5.41, 5.74) is 0.0689. The third-order valence-electron chi connectivity index (χ3n) is 4.20. The van der Waals surface area contributed by atoms with Crippen molar-refractivity contribution in [3.05, 3.63) is 53.6 Å². The third-order valence-corrected chi connectivity index (χ3v) is 4.20. The number of halogens is 3. The molecule has 28 heavy (non-hydrogen) atoms. The number of hydrogen-bond acceptors (Lipinski definition) is 4. The maximum Gasteiger partial charge on any atom is 0.416 e. The molecule has 2 aromatic carbocycles. The van der Waals surface area contributed by atoms with Gasteiger partial charge in [0.05, 0.1) is 24.8 Å². The molecule has 3 rings (SSSR count). The van der Waals surface area contributed by atoms with E-state index in [0.29, 0.717) is 24.7 Å². The summed E-state index contributed by atoms with van der Waals surface area (Å²) in [6.45, 7) is 2.67. The average Bonchev–Trinajstić information content (AvgIpc) is 2.90. The van der Waals surface area contributed by atoms with Gasteiger partial charge in [0, 0.05) is 6.42 Å². The molecule has 5 nitrogen and oxygen atoms in total. The number of hydrogen-bond donors (Lipinski definition) is 1. The Morgan fingerprint density at radius 3 is 2.46 bits per heavy atom. The highest BCUT2D eigenvalue weighted by atomic mass is 19.4. The molecule has 2 aromatic rings. The summed E-state index contributed by atoms with van der Waals surface area (Å²) in [5.74, 6) is 1.11. The molecule has 8 heteroatoms. The van der Waals surface area contributed by atoms with Crippen LogP contribution in [0.25, 0.3) is 0 Å². The zero-order valence-electron chi connectivity index (χ0n) is 15.2. The van der Waals surface area contributed by atoms with Crippen molar-refractivity contribution in [2.24, 2.45) is 0 Å². The van der Waals surface area contributed by atoms with Crippen LogP contribution in [0.1, 0.15) is 30.5 Å². The molecule has 1 heterocycles. The van der Waals surface area contributed by atoms with Crippen molar-refractivity contribution in [3.63, 3.8) is 0 Å². The first-order chi connectivity index (χ1) is 13.3. The average molecular weight is 395 g/mol. The predicted molar refractivity (Wildman–Crippen MR) is 95.5 cm³/mol. The standard InChI is InChI=1S/C20H20F3NO4/c1-13(14-3-8-17-18(11-14)27-10-2-9-26-17)24-19(25)12-28-16-6-4-15(5-7-16)20(21,22)23/h3-8,11,13H,2,9-10,12H2,1H3,(H,24,25). The summed E-state index contributed by atoms with van der Waals surface area (Å²) in [5, 5.41) is 2.78. The van der Waals surface area contributed by atoms with E-state index >= 15 is 0 Å². The fraction of sp³-hybridized carbons (Fsp3) is 0.350. The number of alkyl halides is 3. The van der Waals surface area contributed by atoms with E-state index in [2.05, 4.69) is 5.32 Å². The Bertz CT molecular complexity index is 821. The SMILES string of the molecule is CC(NC(=O)COc1ccc(C(F)(F)F)cc1)c1ccc2c(c1)OCCCO2. The molecular formula is C20H20F3NO4. The summed E-state index contributed by atoms with van der Waals surface area (Å²) in [6, 6.07) is 9.35. The van der Waals surface area contributed by atoms with Gasteiger partial charge in [-0.3, -0.25) is 4.79 Å². The first-order valence-electron chi connectivity index (χ1n) is 8.82. The van der Waals surface area contributed by atoms with Crippen LogP contribution in [-0.4, -0.2) is 25.7 Å². The van der Waals surface area contributed by atoms with Crippen molar-refractivity contribution < 1.29 is 32.2 Å². The molecule has 1 unspecified atom stereocenters. The van der Waals surface area contributed by atoms with E-state index in [-0.39, 0.29) is 24.3 Å². The zero-order chi connectivity index (χ0) is 20.1. The Labute approximate surface area is 160 Å². The van der Waals surface area contributed by atoms with Crippen LogP contribution in [0.5, 0.6) is 17.2 Å². The Hall–Kier alpha value is -2.90. The van der Waals surface area contributed by atoms with Gasteiger partial charge in [0.25, 0.3) is 5.91 Å². The maximum atomic E-state index is 12.5. The highest BCUT2D eigenvalue weighted by Crippen LogP contribution is 2.32. The maximum absolute atomic E-state index is 12.5. The number of carbonyl (C=O) groups excluding carboxylic acids is 1. The smallest absolute Gasteiger partial charge is 0.416 e. The highest BCUT2D eigenvalue weighted by Gasteiger charge is 2.30. The van der Waals surface area contributed by atoms with E-state index in [1.807, 2.05) is 19.1 Å². The zero-order valence-corrected chi connectivity index (χ0v) is 15.2. The molecule has 0 radical (unpaired) electrons. The van der Waals surface area contributed by atoms with Crippen LogP contribution in [0.2, 0.25) is 0 Å². The van der Waals surface area contributed by atoms with E-state index in [9.17, 15) is 18.0 Å². The van der Waals surface area contributed by atoms with E-state index in [4.69, 9.17) is 14.2 Å². The summed E-state index contributed by atoms with van der Waals surface area (Å²) in [4.78, 5) is 12.1. The fourth-order valence-electron chi connectivity index (χ4n) is 2.70. The number of nitrogens with one attached hydrogen (secondary N) is 1. The van der Waals surface area contributed by atoms with E-state index in [1.165, 1.54) is 12.1 Å². The quantitative estimate of drug-likeness (QED) is 0.828. The largest absolute Gasteiger partial charge is 0.490 e. The second-order valence-corrected chi connectivity index (χ2v) is 6.36. The number of ether oxygens (including phenoxy) is 3. The lowest BCUT2D eigenvalue weighted by Crippen LogP contribution is -2.31. The second kappa shape index (κ2) is 8.41. The third kappa shape index (κ3) is 5.09. The molecule has 0 bridgehead atoms. The van der Waals surface area contributed by atoms with Gasteiger partial charge in [0.2, 0.25) is 0 Å². The molecule has 0 spiro atoms. The molecule has 1 aliphatic rings. The van der Waals surface area contributed by atoms with Crippen LogP contribution < -0.4 is 19.5 Å². The molecule has 0 saturated heterocycles. The Balaban J connectivity index is 1.54. The second-order valence-electron chi connectivity index (χ2n) is 6.36. The number of fused-ring (bicyclic) bond motifs is 1. The number of benzene rings is 2. The van der Waals surface area contributed by atoms with E-state index in [1.54, 1.807) is 6.07 Å². The molecular weight excluding hydrogens is 375 g/mol. The van der Waals surface area contributed by atoms with Gasteiger partial charge in [-0.1, -0.05) is 6.07 Å². The van der Waals surface area contributed by atoms with E-state index in [0.717, 1.165) is 24.1 Å². The molecule has 0 saturated carbocycles. The minimum atomic E-state index is -4.41. The number of carbonyl (C=O) groups is 1. The Morgan fingerprint density at radius 1 is 1.11 bits per heavy atom. The molecule has 0 aliphatic carbocycles. The summed E-state index contributed by atoms with van der Waals surface area (Å²) in [6.07, 6.45) is -3.61. The van der Waals surface area contributed by atoms with Crippen LogP contribution in [0.15, 0.2) is 42.5 Å². The van der Waals surface area contributed by atoms with Crippen LogP contribution >= 0.6 is 0 Å². The van der Waals surface area contributed by atoms with Crippen LogP contribution in [0.3, 0.4) is 0 Å². The van der Waals surface area contributed by atoms with Gasteiger partial charge in [-0.25, -0.2) is 0 Å². The van der Waals surface area contributed by atoms with Gasteiger partial charge in [0.1, 0.15) is 5.75 Å². The topological polar surface area (TPSA) is 56.8 Å². The van der Waals surface area contributed by atoms with Crippen LogP contribution in [0.4, 0.5) is 13.2 Å². The van der Waals surface area contributed by atoms with Gasteiger partial charge in [-0.05, 0) is 48.9 Å². The summed E-state index contributed by atoms with van der Waals surface area (Å²) >= 11 is 0. The molecule has 1 amide bonds. The number of rotatable bonds is 5. The van der Waals surface area contributed by atoms with Crippen molar-refractivity contribution >= 4 is 5.91 Å². The molecule has 0 aromatic heterocycles. The van der Waals surface area contributed by atoms with Gasteiger partial charge in [0.15, 0.2) is 18.1 Å². The lowest BCUT2D eigenvalue weighted by molar-refractivity contribution is -0.137. The Morgan fingerprint density at radius 2 is 1.79 bits per heavy atom. The monoisotopic (exact) mass is 395 g/mol. The lowest BCUT2D eigenvalue weighted by atomic mass is 10.1. The predicted octanol–water partition coefficient (Wildman–Crippen LogP) is 4.12. The molecule has 0 fully saturated rings. The van der Waals surface area contributed by atoms with E-state index < -0.39 is 11.7 Å². The fourth-order valence-corrected chi connectivity index (χ4v) is 2.70. The van der Waals surface area contributed by atoms with Crippen molar-refractivity contribution in [1.82, 2.24) is 5.32 Å². The minimum absolute atomic E-state index is 0.186. The molecule has 150 valence electrons. The van der Waals surface area contributed by atoms with Gasteiger partial charge < -0.3 is 19.5 Å². The molecule has 1 N–H and O–H groups in total. The molecule has 1 aliphatic heterocycles. The van der Waals surface area contributed by atoms with Crippen LogP contribution in [-0.2, 0) is 11.0 Å². The van der Waals surface area contributed by atoms with Gasteiger partial charge in [-0.15, -0.1) is 0 Å². The summed E-state index contributed by atoms with van der Waals surface area (Å²) in [7, 11) is 0. The highest BCUT2D eigenvalue weighted by molar-refractivity contribution is 5.78. The minimum Gasteiger partial charge on any atom is -0.490 e. The first-order valence-corrected chi connectivity index (χ1v) is 8.82. The van der Waals surface area contributed by atoms with Crippen molar-refractivity contribution in [2.75, 3.05) is 19.8 Å². The summed E-state index contributed by atoms with van der Waals surface area (Å²) < 4.78 is 54.1. The van der Waals surface area contributed by atoms with Crippen molar-refractivity contribution in [3.8, 4) is 17.2 Å². The number of amides is 1. The van der Waals surface area contributed by atoms with Gasteiger partial charge >= 0.3 is 6.18 Å². The van der Waals surface area contributed by atoms with Crippen LogP contribution in [0, 0.1) is 0 Å². The van der Waals surface area contributed by atoms with Crippen molar-refractivity contribution in [2.45, 2.75) is 25.6 Å². The normalized spacial score (nSPS) is 14.7. The Kier molecular flexibility index (Phi) is 5.96.